The first-order chi connectivity index (χ1) is 13.4. The Kier molecular flexibility index (Phi) is 40.2. The molecule has 0 aromatic heterocycles. The number of rotatable bonds is 16. The zero-order valence-corrected chi connectivity index (χ0v) is 21.6. The zero-order chi connectivity index (χ0) is 22.0. The molecule has 0 atom stereocenters. The van der Waals surface area contributed by atoms with Crippen LogP contribution in [0.2, 0.25) is 0 Å². The van der Waals surface area contributed by atoms with E-state index in [4.69, 9.17) is 5.11 Å². The third-order valence-electron chi connectivity index (χ3n) is 3.83. The average molecular weight is 520 g/mol. The van der Waals surface area contributed by atoms with Gasteiger partial charge in [0.15, 0.2) is 0 Å². The van der Waals surface area contributed by atoms with Gasteiger partial charge in [-0.1, -0.05) is 78.1 Å². The third kappa shape index (κ3) is 42.7. The topological polar surface area (TPSA) is 104 Å². The van der Waals surface area contributed by atoms with Gasteiger partial charge in [-0.05, 0) is 0 Å². The monoisotopic (exact) mass is 521 g/mol. The molecular formula is C22H43NO5Sn. The summed E-state index contributed by atoms with van der Waals surface area (Å²) in [7, 11) is 0. The largest absolute Gasteiger partial charge is 4.00 e. The van der Waals surface area contributed by atoms with E-state index in [2.05, 4.69) is 27.7 Å². The Bertz CT molecular complexity index is 290. The molecule has 1 N–H and O–H groups in total. The van der Waals surface area contributed by atoms with E-state index in [0.29, 0.717) is 0 Å². The van der Waals surface area contributed by atoms with Crippen molar-refractivity contribution in [2.45, 2.75) is 90.9 Å². The number of hydrogen-bond acceptors (Lipinski definition) is 6. The van der Waals surface area contributed by atoms with Gasteiger partial charge in [-0.25, -0.2) is 0 Å². The Morgan fingerprint density at radius 1 is 0.759 bits per heavy atom. The Morgan fingerprint density at radius 2 is 1.10 bits per heavy atom. The first kappa shape index (κ1) is 36.1. The maximum atomic E-state index is 10.0. The molecule has 0 spiro atoms. The van der Waals surface area contributed by atoms with Crippen molar-refractivity contribution in [2.75, 3.05) is 26.2 Å². The Labute approximate surface area is 196 Å². The molecule has 170 valence electrons. The summed E-state index contributed by atoms with van der Waals surface area (Å²) in [5.41, 5.74) is 0. The summed E-state index contributed by atoms with van der Waals surface area (Å²) >= 11 is 0. The van der Waals surface area contributed by atoms with E-state index < -0.39 is 25.0 Å². The SMILES string of the molecule is O=C([O-])CN(CCO)CC(=O)[O-].[CH2-]CCCCCCC.[CH2-]CCCCCCC.[Sn+4]. The van der Waals surface area contributed by atoms with Crippen LogP contribution in [0.4, 0.5) is 0 Å². The van der Waals surface area contributed by atoms with Crippen molar-refractivity contribution in [3.05, 3.63) is 13.8 Å². The zero-order valence-electron chi connectivity index (χ0n) is 18.8. The van der Waals surface area contributed by atoms with Crippen molar-refractivity contribution in [3.8, 4) is 0 Å². The number of carbonyl (C=O) groups is 2. The van der Waals surface area contributed by atoms with Crippen LogP contribution in [0.15, 0.2) is 0 Å². The van der Waals surface area contributed by atoms with Gasteiger partial charge in [-0.3, -0.25) is 4.90 Å². The van der Waals surface area contributed by atoms with Gasteiger partial charge in [0.2, 0.25) is 0 Å². The molecule has 0 bridgehead atoms. The average Bonchev–Trinajstić information content (AvgIpc) is 2.63. The van der Waals surface area contributed by atoms with E-state index >= 15 is 0 Å². The third-order valence-corrected chi connectivity index (χ3v) is 3.83. The molecule has 0 saturated carbocycles. The maximum Gasteiger partial charge on any atom is 4.00 e. The summed E-state index contributed by atoms with van der Waals surface area (Å²) in [4.78, 5) is 21.0. The molecule has 0 aliphatic carbocycles. The molecule has 0 unspecified atom stereocenters. The van der Waals surface area contributed by atoms with Crippen LogP contribution in [0.1, 0.15) is 90.9 Å². The Hall–Kier alpha value is -0.341. The van der Waals surface area contributed by atoms with Crippen LogP contribution in [-0.2, 0) is 9.59 Å². The Morgan fingerprint density at radius 3 is 1.34 bits per heavy atom. The number of aliphatic hydroxyl groups is 1. The van der Waals surface area contributed by atoms with Gasteiger partial charge < -0.3 is 38.8 Å². The fourth-order valence-electron chi connectivity index (χ4n) is 2.28. The minimum Gasteiger partial charge on any atom is -0.549 e. The van der Waals surface area contributed by atoms with E-state index in [-0.39, 0.29) is 37.1 Å². The maximum absolute atomic E-state index is 10.0. The molecule has 0 heterocycles. The first-order valence-corrected chi connectivity index (χ1v) is 10.7. The van der Waals surface area contributed by atoms with Crippen LogP contribution < -0.4 is 10.2 Å². The summed E-state index contributed by atoms with van der Waals surface area (Å²) in [6, 6.07) is 0. The Balaban J connectivity index is -0.000000164. The quantitative estimate of drug-likeness (QED) is 0.189. The van der Waals surface area contributed by atoms with E-state index in [1.807, 2.05) is 0 Å². The minimum atomic E-state index is -1.38. The van der Waals surface area contributed by atoms with Crippen LogP contribution in [0.5, 0.6) is 0 Å². The molecule has 0 aliphatic rings. The van der Waals surface area contributed by atoms with E-state index in [0.717, 1.165) is 17.7 Å². The number of carboxylic acid groups (broad SMARTS) is 2. The van der Waals surface area contributed by atoms with E-state index in [1.165, 1.54) is 64.2 Å². The minimum absolute atomic E-state index is 0. The molecule has 0 aliphatic heterocycles. The van der Waals surface area contributed by atoms with Crippen molar-refractivity contribution < 1.29 is 24.9 Å². The summed E-state index contributed by atoms with van der Waals surface area (Å²) in [5.74, 6) is -2.77. The normalized spacial score (nSPS) is 9.59. The number of nitrogens with zero attached hydrogens (tertiary/aromatic N) is 1. The molecule has 0 amide bonds. The molecule has 0 radical (unpaired) electrons. The van der Waals surface area contributed by atoms with Crippen molar-refractivity contribution in [2.24, 2.45) is 0 Å². The first-order valence-electron chi connectivity index (χ1n) is 10.7. The van der Waals surface area contributed by atoms with Gasteiger partial charge in [0.25, 0.3) is 0 Å². The molecule has 29 heavy (non-hydrogen) atoms. The molecular weight excluding hydrogens is 477 g/mol. The predicted molar refractivity (Wildman–Crippen MR) is 117 cm³/mol. The molecule has 0 rings (SSSR count). The second kappa shape index (κ2) is 32.3. The van der Waals surface area contributed by atoms with Crippen LogP contribution in [0.3, 0.4) is 0 Å². The molecule has 0 aromatic carbocycles. The predicted octanol–water partition coefficient (Wildman–Crippen LogP) is 1.76. The van der Waals surface area contributed by atoms with Crippen LogP contribution in [0, 0.1) is 13.8 Å². The number of aliphatic carboxylic acids is 2. The second-order valence-corrected chi connectivity index (χ2v) is 6.71. The van der Waals surface area contributed by atoms with Crippen molar-refractivity contribution >= 4 is 35.8 Å². The van der Waals surface area contributed by atoms with Gasteiger partial charge in [-0.15, -0.1) is 0 Å². The van der Waals surface area contributed by atoms with Crippen molar-refractivity contribution in [1.29, 1.82) is 0 Å². The van der Waals surface area contributed by atoms with Gasteiger partial charge in [0.05, 0.1) is 18.5 Å². The summed E-state index contributed by atoms with van der Waals surface area (Å²) in [5, 5.41) is 28.4. The summed E-state index contributed by atoms with van der Waals surface area (Å²) < 4.78 is 0. The summed E-state index contributed by atoms with van der Waals surface area (Å²) in [6.45, 7) is 10.7. The van der Waals surface area contributed by atoms with Crippen LogP contribution in [-0.4, -0.2) is 72.1 Å². The van der Waals surface area contributed by atoms with Crippen molar-refractivity contribution in [3.63, 3.8) is 0 Å². The van der Waals surface area contributed by atoms with Crippen LogP contribution >= 0.6 is 0 Å². The number of carbonyl (C=O) groups excluding carboxylic acids is 2. The van der Waals surface area contributed by atoms with Crippen LogP contribution in [0.25, 0.3) is 0 Å². The smallest absolute Gasteiger partial charge is 0.549 e. The van der Waals surface area contributed by atoms with Gasteiger partial charge in [0, 0.05) is 19.6 Å². The number of aliphatic hydroxyl groups excluding tert-OH is 1. The number of unbranched alkanes of at least 4 members (excludes halogenated alkanes) is 10. The fraction of sp³-hybridized carbons (Fsp3) is 0.818. The van der Waals surface area contributed by atoms with E-state index in [1.54, 1.807) is 0 Å². The molecule has 0 aromatic rings. The van der Waals surface area contributed by atoms with Gasteiger partial charge in [0.1, 0.15) is 0 Å². The van der Waals surface area contributed by atoms with Gasteiger partial charge in [-0.2, -0.15) is 12.8 Å². The van der Waals surface area contributed by atoms with Crippen molar-refractivity contribution in [1.82, 2.24) is 4.90 Å². The molecule has 0 saturated heterocycles. The van der Waals surface area contributed by atoms with Gasteiger partial charge >= 0.3 is 23.9 Å². The molecule has 6 nitrogen and oxygen atoms in total. The second-order valence-electron chi connectivity index (χ2n) is 6.71. The fourth-order valence-corrected chi connectivity index (χ4v) is 2.28. The standard InChI is InChI=1S/2C8H17.C6H11NO5.Sn/c2*1-3-5-7-8-6-4-2;8-2-1-7(3-5(9)10)4-6(11)12;/h2*1,3-8H2,2H3;8H,1-4H2,(H,9,10)(H,11,12);/q2*-1;;+4/p-2. The number of carboxylic acids is 2. The summed E-state index contributed by atoms with van der Waals surface area (Å²) in [6.07, 6.45) is 16.0. The van der Waals surface area contributed by atoms with E-state index in [9.17, 15) is 19.8 Å². The molecule has 7 heteroatoms. The number of hydrogen-bond donors (Lipinski definition) is 1. The molecule has 0 fully saturated rings.